The third-order valence-electron chi connectivity index (χ3n) is 3.20. The number of hydrogen-bond donors (Lipinski definition) is 2. The average molecular weight is 478 g/mol. The molecule has 0 saturated carbocycles. The minimum Gasteiger partial charge on any atom is -0.491 e. The Hall–Kier alpha value is -1.24. The van der Waals surface area contributed by atoms with E-state index in [2.05, 4.69) is 44.1 Å². The maximum atomic E-state index is 11.1. The minimum absolute atomic E-state index is 0.0762. The van der Waals surface area contributed by atoms with Crippen molar-refractivity contribution in [2.75, 3.05) is 11.9 Å². The van der Waals surface area contributed by atoms with Crippen molar-refractivity contribution < 1.29 is 14.6 Å². The SMILES string of the molecule is CCCOc1c(Br)cc(CNc2ccc(Cl)c(C(=O)O)c2)cc1Br. The number of halogens is 3. The lowest BCUT2D eigenvalue weighted by atomic mass is 10.1. The zero-order chi connectivity index (χ0) is 17.7. The fourth-order valence-corrected chi connectivity index (χ4v) is 3.77. The molecule has 0 radical (unpaired) electrons. The van der Waals surface area contributed by atoms with Crippen molar-refractivity contribution in [1.29, 1.82) is 0 Å². The molecule has 2 aromatic carbocycles. The van der Waals surface area contributed by atoms with Gasteiger partial charge in [0, 0.05) is 12.2 Å². The van der Waals surface area contributed by atoms with E-state index in [4.69, 9.17) is 21.4 Å². The number of aromatic carboxylic acids is 1. The molecule has 4 nitrogen and oxygen atoms in total. The molecule has 24 heavy (non-hydrogen) atoms. The van der Waals surface area contributed by atoms with Gasteiger partial charge in [-0.05, 0) is 74.2 Å². The Morgan fingerprint density at radius 2 is 1.92 bits per heavy atom. The van der Waals surface area contributed by atoms with E-state index in [1.54, 1.807) is 12.1 Å². The molecule has 0 bridgehead atoms. The van der Waals surface area contributed by atoms with Gasteiger partial charge < -0.3 is 15.2 Å². The van der Waals surface area contributed by atoms with Gasteiger partial charge in [0.15, 0.2) is 0 Å². The van der Waals surface area contributed by atoms with Crippen molar-refractivity contribution in [2.24, 2.45) is 0 Å². The first kappa shape index (κ1) is 19.1. The summed E-state index contributed by atoms with van der Waals surface area (Å²) in [6.45, 7) is 3.24. The summed E-state index contributed by atoms with van der Waals surface area (Å²) >= 11 is 12.9. The number of ether oxygens (including phenoxy) is 1. The molecular formula is C17H16Br2ClNO3. The zero-order valence-corrected chi connectivity index (χ0v) is 16.8. The quantitative estimate of drug-likeness (QED) is 0.516. The lowest BCUT2D eigenvalue weighted by Crippen LogP contribution is -2.04. The first-order chi connectivity index (χ1) is 11.4. The van der Waals surface area contributed by atoms with E-state index in [9.17, 15) is 4.79 Å². The summed E-state index contributed by atoms with van der Waals surface area (Å²) in [5.41, 5.74) is 1.78. The molecule has 2 aromatic rings. The van der Waals surface area contributed by atoms with Gasteiger partial charge in [-0.2, -0.15) is 0 Å². The van der Waals surface area contributed by atoms with E-state index >= 15 is 0 Å². The maximum Gasteiger partial charge on any atom is 0.337 e. The molecule has 0 heterocycles. The number of carboxylic acids is 1. The summed E-state index contributed by atoms with van der Waals surface area (Å²) in [5, 5.41) is 12.5. The van der Waals surface area contributed by atoms with Crippen LogP contribution in [0.2, 0.25) is 5.02 Å². The molecule has 0 amide bonds. The lowest BCUT2D eigenvalue weighted by molar-refractivity contribution is 0.0697. The molecule has 7 heteroatoms. The van der Waals surface area contributed by atoms with Gasteiger partial charge in [-0.3, -0.25) is 0 Å². The van der Waals surface area contributed by atoms with E-state index < -0.39 is 5.97 Å². The highest BCUT2D eigenvalue weighted by molar-refractivity contribution is 9.11. The molecule has 0 atom stereocenters. The minimum atomic E-state index is -1.05. The Morgan fingerprint density at radius 3 is 2.50 bits per heavy atom. The largest absolute Gasteiger partial charge is 0.491 e. The molecule has 2 N–H and O–H groups in total. The van der Waals surface area contributed by atoms with E-state index in [-0.39, 0.29) is 10.6 Å². The van der Waals surface area contributed by atoms with Crippen molar-refractivity contribution >= 4 is 55.1 Å². The molecule has 0 spiro atoms. The third-order valence-corrected chi connectivity index (χ3v) is 4.71. The molecule has 128 valence electrons. The standard InChI is InChI=1S/C17H16Br2ClNO3/c1-2-5-24-16-13(18)6-10(7-14(16)19)9-21-11-3-4-15(20)12(8-11)17(22)23/h3-4,6-8,21H,2,5,9H2,1H3,(H,22,23). The topological polar surface area (TPSA) is 58.6 Å². The van der Waals surface area contributed by atoms with Gasteiger partial charge in [-0.15, -0.1) is 0 Å². The highest BCUT2D eigenvalue weighted by Gasteiger charge is 2.11. The van der Waals surface area contributed by atoms with Gasteiger partial charge in [-0.25, -0.2) is 4.79 Å². The monoisotopic (exact) mass is 475 g/mol. The second-order valence-corrected chi connectivity index (χ2v) is 7.21. The van der Waals surface area contributed by atoms with Crippen LogP contribution in [0.4, 0.5) is 5.69 Å². The molecule has 2 rings (SSSR count). The molecular weight excluding hydrogens is 461 g/mol. The fraction of sp³-hybridized carbons (Fsp3) is 0.235. The molecule has 0 aromatic heterocycles. The van der Waals surface area contributed by atoms with E-state index in [1.807, 2.05) is 12.1 Å². The van der Waals surface area contributed by atoms with Crippen LogP contribution in [0.15, 0.2) is 39.3 Å². The number of carboxylic acid groups (broad SMARTS) is 1. The molecule has 0 saturated heterocycles. The van der Waals surface area contributed by atoms with Crippen LogP contribution >= 0.6 is 43.5 Å². The highest BCUT2D eigenvalue weighted by atomic mass is 79.9. The first-order valence-electron chi connectivity index (χ1n) is 7.29. The molecule has 0 aliphatic heterocycles. The van der Waals surface area contributed by atoms with Gasteiger partial charge in [0.2, 0.25) is 0 Å². The summed E-state index contributed by atoms with van der Waals surface area (Å²) in [6.07, 6.45) is 0.935. The van der Waals surface area contributed by atoms with Crippen LogP contribution in [0.3, 0.4) is 0 Å². The van der Waals surface area contributed by atoms with Crippen molar-refractivity contribution in [3.63, 3.8) is 0 Å². The Morgan fingerprint density at radius 1 is 1.25 bits per heavy atom. The van der Waals surface area contributed by atoms with Crippen molar-refractivity contribution in [3.05, 3.63) is 55.4 Å². The predicted octanol–water partition coefficient (Wildman–Crippen LogP) is 5.96. The highest BCUT2D eigenvalue weighted by Crippen LogP contribution is 2.35. The summed E-state index contributed by atoms with van der Waals surface area (Å²) in [5.74, 6) is -0.271. The Kier molecular flexibility index (Phi) is 6.95. The van der Waals surface area contributed by atoms with Crippen LogP contribution in [0.1, 0.15) is 29.3 Å². The Balaban J connectivity index is 2.12. The third kappa shape index (κ3) is 4.88. The zero-order valence-electron chi connectivity index (χ0n) is 12.9. The van der Waals surface area contributed by atoms with Gasteiger partial charge in [0.1, 0.15) is 5.75 Å². The van der Waals surface area contributed by atoms with Crippen molar-refractivity contribution in [2.45, 2.75) is 19.9 Å². The van der Waals surface area contributed by atoms with Crippen LogP contribution in [0, 0.1) is 0 Å². The molecule has 0 aliphatic rings. The maximum absolute atomic E-state index is 11.1. The Bertz CT molecular complexity index is 730. The first-order valence-corrected chi connectivity index (χ1v) is 9.26. The molecule has 0 unspecified atom stereocenters. The van der Waals surface area contributed by atoms with E-state index in [0.29, 0.717) is 18.8 Å². The number of carbonyl (C=O) groups is 1. The second kappa shape index (κ2) is 8.74. The lowest BCUT2D eigenvalue weighted by Gasteiger charge is -2.13. The van der Waals surface area contributed by atoms with E-state index in [0.717, 1.165) is 26.7 Å². The van der Waals surface area contributed by atoms with Crippen LogP contribution in [0.5, 0.6) is 5.75 Å². The van der Waals surface area contributed by atoms with E-state index in [1.165, 1.54) is 6.07 Å². The number of hydrogen-bond acceptors (Lipinski definition) is 3. The summed E-state index contributed by atoms with van der Waals surface area (Å²) in [4.78, 5) is 11.1. The van der Waals surface area contributed by atoms with Gasteiger partial charge in [0.05, 0.1) is 26.1 Å². The number of benzene rings is 2. The fourth-order valence-electron chi connectivity index (χ4n) is 2.06. The average Bonchev–Trinajstić information content (AvgIpc) is 2.53. The van der Waals surface area contributed by atoms with Gasteiger partial charge in [-0.1, -0.05) is 18.5 Å². The van der Waals surface area contributed by atoms with Crippen molar-refractivity contribution in [3.8, 4) is 5.75 Å². The van der Waals surface area contributed by atoms with Crippen LogP contribution in [-0.4, -0.2) is 17.7 Å². The van der Waals surface area contributed by atoms with Gasteiger partial charge in [0.25, 0.3) is 0 Å². The Labute approximate surface area is 162 Å². The summed E-state index contributed by atoms with van der Waals surface area (Å²) in [6, 6.07) is 8.78. The smallest absolute Gasteiger partial charge is 0.337 e. The molecule has 0 aliphatic carbocycles. The number of rotatable bonds is 7. The summed E-state index contributed by atoms with van der Waals surface area (Å²) < 4.78 is 7.43. The number of nitrogens with one attached hydrogen (secondary N) is 1. The predicted molar refractivity (Wildman–Crippen MR) is 103 cm³/mol. The van der Waals surface area contributed by atoms with Crippen LogP contribution in [0.25, 0.3) is 0 Å². The number of anilines is 1. The summed E-state index contributed by atoms with van der Waals surface area (Å²) in [7, 11) is 0. The second-order valence-electron chi connectivity index (χ2n) is 5.09. The molecule has 0 fully saturated rings. The normalized spacial score (nSPS) is 10.5. The van der Waals surface area contributed by atoms with Crippen LogP contribution < -0.4 is 10.1 Å². The van der Waals surface area contributed by atoms with Crippen molar-refractivity contribution in [1.82, 2.24) is 0 Å². The van der Waals surface area contributed by atoms with Crippen LogP contribution in [-0.2, 0) is 6.54 Å². The van der Waals surface area contributed by atoms with Gasteiger partial charge >= 0.3 is 5.97 Å².